The normalized spacial score (nSPS) is 14.3. The standard InChI is InChI=1S/C30H26N6OS/c37-30(18-5-2-1-3-6-18)33-21-11-20(14-31-15-21)19-8-9-25-23(12-19)29(36-35-25)26-13-22-24(28-7-4-10-38-28)16-32-17-27(22)34-26/h4,7-18,34H,1-3,5-6H2,(H,33,37)(H,35,36). The highest BCUT2D eigenvalue weighted by Gasteiger charge is 2.21. The zero-order valence-corrected chi connectivity index (χ0v) is 21.5. The predicted octanol–water partition coefficient (Wildman–Crippen LogP) is 7.42. The van der Waals surface area contributed by atoms with Gasteiger partial charge in [-0.25, -0.2) is 0 Å². The molecule has 1 saturated carbocycles. The van der Waals surface area contributed by atoms with Gasteiger partial charge in [-0.05, 0) is 54.1 Å². The molecule has 7 rings (SSSR count). The summed E-state index contributed by atoms with van der Waals surface area (Å²) < 4.78 is 0. The van der Waals surface area contributed by atoms with Gasteiger partial charge in [0.1, 0.15) is 5.69 Å². The van der Waals surface area contributed by atoms with Crippen LogP contribution in [0.4, 0.5) is 5.69 Å². The Labute approximate surface area is 223 Å². The van der Waals surface area contributed by atoms with Gasteiger partial charge in [0.15, 0.2) is 0 Å². The van der Waals surface area contributed by atoms with Crippen molar-refractivity contribution >= 4 is 44.7 Å². The number of hydrogen-bond acceptors (Lipinski definition) is 5. The molecule has 8 heteroatoms. The first-order valence-corrected chi connectivity index (χ1v) is 13.9. The minimum absolute atomic E-state index is 0.101. The number of H-pyrrole nitrogens is 2. The molecule has 0 aliphatic heterocycles. The third-order valence-corrected chi connectivity index (χ3v) is 8.37. The lowest BCUT2D eigenvalue weighted by atomic mass is 9.88. The summed E-state index contributed by atoms with van der Waals surface area (Å²) >= 11 is 1.70. The molecule has 0 saturated heterocycles. The molecule has 0 spiro atoms. The van der Waals surface area contributed by atoms with Crippen molar-refractivity contribution in [1.29, 1.82) is 0 Å². The maximum absolute atomic E-state index is 12.8. The van der Waals surface area contributed by atoms with E-state index in [0.717, 1.165) is 81.3 Å². The molecule has 1 amide bonds. The van der Waals surface area contributed by atoms with Crippen LogP contribution in [0.1, 0.15) is 32.1 Å². The molecule has 0 bridgehead atoms. The highest BCUT2D eigenvalue weighted by molar-refractivity contribution is 7.13. The number of benzene rings is 1. The topological polar surface area (TPSA) is 99.3 Å². The third-order valence-electron chi connectivity index (χ3n) is 7.47. The Balaban J connectivity index is 1.23. The lowest BCUT2D eigenvalue weighted by Crippen LogP contribution is -2.24. The van der Waals surface area contributed by atoms with Gasteiger partial charge >= 0.3 is 0 Å². The van der Waals surface area contributed by atoms with Crippen LogP contribution in [0.25, 0.3) is 54.8 Å². The summed E-state index contributed by atoms with van der Waals surface area (Å²) in [6, 6.07) is 14.5. The van der Waals surface area contributed by atoms with Crippen molar-refractivity contribution in [1.82, 2.24) is 25.1 Å². The molecule has 1 fully saturated rings. The Hall–Kier alpha value is -4.30. The number of carbonyl (C=O) groups excluding carboxylic acids is 1. The Morgan fingerprint density at radius 1 is 0.895 bits per heavy atom. The molecule has 5 aromatic heterocycles. The number of anilines is 1. The number of nitrogens with one attached hydrogen (secondary N) is 3. The Bertz CT molecular complexity index is 1760. The van der Waals surface area contributed by atoms with E-state index in [1.165, 1.54) is 11.3 Å². The van der Waals surface area contributed by atoms with Crippen LogP contribution < -0.4 is 5.32 Å². The summed E-state index contributed by atoms with van der Waals surface area (Å²) in [5.74, 6) is 0.204. The second-order valence-corrected chi connectivity index (χ2v) is 10.9. The number of thiophene rings is 1. The van der Waals surface area contributed by atoms with Gasteiger partial charge in [0, 0.05) is 45.1 Å². The second-order valence-electron chi connectivity index (χ2n) is 9.93. The van der Waals surface area contributed by atoms with Crippen LogP contribution in [0.5, 0.6) is 0 Å². The number of carbonyl (C=O) groups is 1. The summed E-state index contributed by atoms with van der Waals surface area (Å²) in [6.45, 7) is 0. The molecular formula is C30H26N6OS. The highest BCUT2D eigenvalue weighted by atomic mass is 32.1. The maximum Gasteiger partial charge on any atom is 0.227 e. The SMILES string of the molecule is O=C(Nc1cncc(-c2ccc3[nH]nc(-c4cc5c(-c6cccs6)cncc5[nH]4)c3c2)c1)C1CCCCC1. The van der Waals surface area contributed by atoms with E-state index in [0.29, 0.717) is 0 Å². The molecule has 0 radical (unpaired) electrons. The number of fused-ring (bicyclic) bond motifs is 2. The van der Waals surface area contributed by atoms with Crippen LogP contribution in [-0.2, 0) is 4.79 Å². The van der Waals surface area contributed by atoms with Crippen LogP contribution in [0.3, 0.4) is 0 Å². The van der Waals surface area contributed by atoms with E-state index >= 15 is 0 Å². The fraction of sp³-hybridized carbons (Fsp3) is 0.200. The van der Waals surface area contributed by atoms with Crippen LogP contribution in [0, 0.1) is 5.92 Å². The monoisotopic (exact) mass is 518 g/mol. The lowest BCUT2D eigenvalue weighted by molar-refractivity contribution is -0.120. The molecule has 1 aliphatic carbocycles. The fourth-order valence-electron chi connectivity index (χ4n) is 5.48. The molecule has 38 heavy (non-hydrogen) atoms. The molecule has 0 atom stereocenters. The van der Waals surface area contributed by atoms with E-state index in [1.807, 2.05) is 30.7 Å². The van der Waals surface area contributed by atoms with Gasteiger partial charge in [-0.1, -0.05) is 31.4 Å². The second kappa shape index (κ2) is 9.54. The van der Waals surface area contributed by atoms with Crippen LogP contribution in [-0.4, -0.2) is 31.1 Å². The largest absolute Gasteiger partial charge is 0.352 e. The van der Waals surface area contributed by atoms with E-state index in [-0.39, 0.29) is 11.8 Å². The van der Waals surface area contributed by atoms with Crippen molar-refractivity contribution in [2.75, 3.05) is 5.32 Å². The van der Waals surface area contributed by atoms with Crippen molar-refractivity contribution in [3.05, 3.63) is 72.6 Å². The van der Waals surface area contributed by atoms with Gasteiger partial charge in [-0.2, -0.15) is 5.10 Å². The fourth-order valence-corrected chi connectivity index (χ4v) is 6.23. The molecule has 3 N–H and O–H groups in total. The highest BCUT2D eigenvalue weighted by Crippen LogP contribution is 2.36. The number of pyridine rings is 2. The van der Waals surface area contributed by atoms with Crippen molar-refractivity contribution in [3.63, 3.8) is 0 Å². The van der Waals surface area contributed by atoms with Gasteiger partial charge in [0.05, 0.1) is 34.8 Å². The molecule has 188 valence electrons. The number of rotatable bonds is 5. The van der Waals surface area contributed by atoms with Gasteiger partial charge in [0.25, 0.3) is 0 Å². The van der Waals surface area contributed by atoms with E-state index in [4.69, 9.17) is 0 Å². The van der Waals surface area contributed by atoms with Crippen LogP contribution in [0.15, 0.2) is 72.6 Å². The number of amides is 1. The molecule has 6 aromatic rings. The third kappa shape index (κ3) is 4.16. The summed E-state index contributed by atoms with van der Waals surface area (Å²) in [5.41, 5.74) is 7.51. The lowest BCUT2D eigenvalue weighted by Gasteiger charge is -2.20. The minimum atomic E-state index is 0.101. The van der Waals surface area contributed by atoms with E-state index in [1.54, 1.807) is 17.5 Å². The zero-order chi connectivity index (χ0) is 25.5. The van der Waals surface area contributed by atoms with Crippen LogP contribution in [0.2, 0.25) is 0 Å². The van der Waals surface area contributed by atoms with Gasteiger partial charge in [0.2, 0.25) is 5.91 Å². The van der Waals surface area contributed by atoms with Gasteiger partial charge in [-0.15, -0.1) is 11.3 Å². The number of nitrogens with zero attached hydrogens (tertiary/aromatic N) is 3. The molecule has 7 nitrogen and oxygen atoms in total. The first kappa shape index (κ1) is 22.9. The molecule has 5 heterocycles. The van der Waals surface area contributed by atoms with Crippen molar-refractivity contribution < 1.29 is 4.79 Å². The predicted molar refractivity (Wildman–Crippen MR) is 153 cm³/mol. The molecule has 1 aliphatic rings. The summed E-state index contributed by atoms with van der Waals surface area (Å²) in [5, 5.41) is 15.1. The molecule has 0 unspecified atom stereocenters. The quantitative estimate of drug-likeness (QED) is 0.221. The Kier molecular flexibility index (Phi) is 5.74. The Morgan fingerprint density at radius 3 is 2.66 bits per heavy atom. The summed E-state index contributed by atoms with van der Waals surface area (Å²) in [6.07, 6.45) is 12.8. The summed E-state index contributed by atoms with van der Waals surface area (Å²) in [4.78, 5) is 26.3. The van der Waals surface area contributed by atoms with E-state index in [9.17, 15) is 4.79 Å². The number of aromatic amines is 2. The van der Waals surface area contributed by atoms with E-state index in [2.05, 4.69) is 66.2 Å². The summed E-state index contributed by atoms with van der Waals surface area (Å²) in [7, 11) is 0. The first-order valence-electron chi connectivity index (χ1n) is 13.0. The maximum atomic E-state index is 12.8. The number of aromatic nitrogens is 5. The number of hydrogen-bond donors (Lipinski definition) is 3. The smallest absolute Gasteiger partial charge is 0.227 e. The van der Waals surface area contributed by atoms with Crippen molar-refractivity contribution in [3.8, 4) is 33.0 Å². The minimum Gasteiger partial charge on any atom is -0.352 e. The average molecular weight is 519 g/mol. The van der Waals surface area contributed by atoms with Crippen LogP contribution >= 0.6 is 11.3 Å². The Morgan fingerprint density at radius 2 is 1.79 bits per heavy atom. The molecule has 1 aromatic carbocycles. The van der Waals surface area contributed by atoms with Gasteiger partial charge in [-0.3, -0.25) is 19.9 Å². The first-order chi connectivity index (χ1) is 18.7. The van der Waals surface area contributed by atoms with Gasteiger partial charge < -0.3 is 10.3 Å². The van der Waals surface area contributed by atoms with Crippen molar-refractivity contribution in [2.24, 2.45) is 5.92 Å². The van der Waals surface area contributed by atoms with E-state index < -0.39 is 0 Å². The average Bonchev–Trinajstić information content (AvgIpc) is 3.73. The molecular weight excluding hydrogens is 492 g/mol. The van der Waals surface area contributed by atoms with Crippen molar-refractivity contribution in [2.45, 2.75) is 32.1 Å². The zero-order valence-electron chi connectivity index (χ0n) is 20.7.